The van der Waals surface area contributed by atoms with Crippen LogP contribution in [0.1, 0.15) is 26.2 Å². The second-order valence-electron chi connectivity index (χ2n) is 3.63. The van der Waals surface area contributed by atoms with Gasteiger partial charge in [-0.3, -0.25) is 0 Å². The molecule has 0 aromatic rings. The van der Waals surface area contributed by atoms with E-state index in [4.69, 9.17) is 4.74 Å². The summed E-state index contributed by atoms with van der Waals surface area (Å²) in [5, 5.41) is 5.55. The second kappa shape index (κ2) is 6.65. The molecule has 1 rings (SSSR count). The number of carbonyl (C=O) groups is 1. The summed E-state index contributed by atoms with van der Waals surface area (Å²) < 4.78 is 5.27. The quantitative estimate of drug-likeness (QED) is 0.714. The maximum atomic E-state index is 11.0. The molecule has 0 saturated carbocycles. The van der Waals surface area contributed by atoms with Crippen molar-refractivity contribution in [2.45, 2.75) is 26.2 Å². The molecule has 0 aromatic heterocycles. The molecule has 2 N–H and O–H groups in total. The van der Waals surface area contributed by atoms with Crippen LogP contribution in [0.5, 0.6) is 0 Å². The van der Waals surface area contributed by atoms with Crippen molar-refractivity contribution in [3.05, 3.63) is 0 Å². The van der Waals surface area contributed by atoms with Gasteiger partial charge < -0.3 is 15.4 Å². The molecule has 1 saturated heterocycles. The van der Waals surface area contributed by atoms with Crippen LogP contribution in [0, 0.1) is 5.92 Å². The van der Waals surface area contributed by atoms with Crippen LogP contribution in [0.15, 0.2) is 0 Å². The number of hydrogen-bond donors (Lipinski definition) is 2. The van der Waals surface area contributed by atoms with E-state index in [9.17, 15) is 4.79 Å². The Labute approximate surface area is 85.4 Å². The van der Waals surface area contributed by atoms with Crippen LogP contribution < -0.4 is 10.6 Å². The summed E-state index contributed by atoms with van der Waals surface area (Å²) in [5.74, 6) is 0.727. The third-order valence-electron chi connectivity index (χ3n) is 2.52. The molecule has 0 aliphatic carbocycles. The molecule has 0 atom stereocenters. The van der Waals surface area contributed by atoms with E-state index in [1.165, 1.54) is 0 Å². The molecule has 4 heteroatoms. The standard InChI is InChI=1S/C10H20N2O2/c1-2-11-10(13)12-6-3-9-4-7-14-8-5-9/h9H,2-8H2,1H3,(H2,11,12,13). The minimum absolute atomic E-state index is 0.0560. The van der Waals surface area contributed by atoms with Crippen molar-refractivity contribution >= 4 is 6.03 Å². The van der Waals surface area contributed by atoms with E-state index in [2.05, 4.69) is 10.6 Å². The highest BCUT2D eigenvalue weighted by molar-refractivity contribution is 5.73. The lowest BCUT2D eigenvalue weighted by Gasteiger charge is -2.21. The zero-order valence-electron chi connectivity index (χ0n) is 8.84. The first-order chi connectivity index (χ1) is 6.83. The van der Waals surface area contributed by atoms with Gasteiger partial charge in [-0.25, -0.2) is 4.79 Å². The third-order valence-corrected chi connectivity index (χ3v) is 2.52. The summed E-state index contributed by atoms with van der Waals surface area (Å²) in [5.41, 5.74) is 0. The Kier molecular flexibility index (Phi) is 5.37. The van der Waals surface area contributed by atoms with Crippen molar-refractivity contribution in [1.82, 2.24) is 10.6 Å². The number of hydrogen-bond acceptors (Lipinski definition) is 2. The first-order valence-electron chi connectivity index (χ1n) is 5.42. The molecule has 2 amide bonds. The summed E-state index contributed by atoms with van der Waals surface area (Å²) in [6.07, 6.45) is 3.34. The SMILES string of the molecule is CCNC(=O)NCCC1CCOCC1. The zero-order valence-corrected chi connectivity index (χ0v) is 8.84. The van der Waals surface area contributed by atoms with Gasteiger partial charge >= 0.3 is 6.03 Å². The first kappa shape index (κ1) is 11.3. The molecule has 1 aliphatic rings. The minimum atomic E-state index is -0.0560. The van der Waals surface area contributed by atoms with Gasteiger partial charge in [-0.05, 0) is 32.1 Å². The van der Waals surface area contributed by atoms with Gasteiger partial charge in [-0.15, -0.1) is 0 Å². The highest BCUT2D eigenvalue weighted by atomic mass is 16.5. The van der Waals surface area contributed by atoms with Crippen molar-refractivity contribution in [1.29, 1.82) is 0 Å². The smallest absolute Gasteiger partial charge is 0.314 e. The van der Waals surface area contributed by atoms with E-state index in [-0.39, 0.29) is 6.03 Å². The molecule has 0 unspecified atom stereocenters. The van der Waals surface area contributed by atoms with Crippen molar-refractivity contribution in [3.8, 4) is 0 Å². The second-order valence-corrected chi connectivity index (χ2v) is 3.63. The van der Waals surface area contributed by atoms with E-state index in [1.54, 1.807) is 0 Å². The van der Waals surface area contributed by atoms with Crippen molar-refractivity contribution in [2.75, 3.05) is 26.3 Å². The van der Waals surface area contributed by atoms with Gasteiger partial charge in [-0.1, -0.05) is 0 Å². The van der Waals surface area contributed by atoms with E-state index < -0.39 is 0 Å². The fourth-order valence-electron chi connectivity index (χ4n) is 1.65. The molecule has 0 bridgehead atoms. The predicted molar refractivity (Wildman–Crippen MR) is 55.2 cm³/mol. The molecule has 82 valence electrons. The van der Waals surface area contributed by atoms with E-state index in [1.807, 2.05) is 6.92 Å². The van der Waals surface area contributed by atoms with Crippen molar-refractivity contribution in [2.24, 2.45) is 5.92 Å². The molecule has 14 heavy (non-hydrogen) atoms. The van der Waals surface area contributed by atoms with Crippen LogP contribution in [0.2, 0.25) is 0 Å². The molecule has 1 heterocycles. The summed E-state index contributed by atoms with van der Waals surface area (Å²) in [6.45, 7) is 5.13. The van der Waals surface area contributed by atoms with Gasteiger partial charge in [0.25, 0.3) is 0 Å². The highest BCUT2D eigenvalue weighted by Crippen LogP contribution is 2.17. The van der Waals surface area contributed by atoms with Crippen LogP contribution in [-0.2, 0) is 4.74 Å². The summed E-state index contributed by atoms with van der Waals surface area (Å²) >= 11 is 0. The summed E-state index contributed by atoms with van der Waals surface area (Å²) in [6, 6.07) is -0.0560. The fourth-order valence-corrected chi connectivity index (χ4v) is 1.65. The fraction of sp³-hybridized carbons (Fsp3) is 0.900. The maximum Gasteiger partial charge on any atom is 0.314 e. The summed E-state index contributed by atoms with van der Waals surface area (Å²) in [4.78, 5) is 11.0. The molecule has 0 aromatic carbocycles. The Morgan fingerprint density at radius 2 is 2.07 bits per heavy atom. The van der Waals surface area contributed by atoms with Crippen LogP contribution in [0.25, 0.3) is 0 Å². The van der Waals surface area contributed by atoms with Crippen LogP contribution in [-0.4, -0.2) is 32.3 Å². The number of carbonyl (C=O) groups excluding carboxylic acids is 1. The minimum Gasteiger partial charge on any atom is -0.381 e. The predicted octanol–water partition coefficient (Wildman–Crippen LogP) is 1.12. The Morgan fingerprint density at radius 3 is 2.71 bits per heavy atom. The van der Waals surface area contributed by atoms with E-state index in [0.717, 1.165) is 44.9 Å². The van der Waals surface area contributed by atoms with E-state index >= 15 is 0 Å². The topological polar surface area (TPSA) is 50.4 Å². The van der Waals surface area contributed by atoms with Gasteiger partial charge in [0.2, 0.25) is 0 Å². The third kappa shape index (κ3) is 4.46. The Bertz CT molecular complexity index is 168. The molecule has 1 aliphatic heterocycles. The lowest BCUT2D eigenvalue weighted by Crippen LogP contribution is -2.36. The Morgan fingerprint density at radius 1 is 1.36 bits per heavy atom. The van der Waals surface area contributed by atoms with Gasteiger partial charge in [0.1, 0.15) is 0 Å². The van der Waals surface area contributed by atoms with Gasteiger partial charge in [0, 0.05) is 26.3 Å². The average molecular weight is 200 g/mol. The van der Waals surface area contributed by atoms with Crippen LogP contribution >= 0.6 is 0 Å². The molecule has 0 radical (unpaired) electrons. The first-order valence-corrected chi connectivity index (χ1v) is 5.42. The van der Waals surface area contributed by atoms with Gasteiger partial charge in [0.15, 0.2) is 0 Å². The van der Waals surface area contributed by atoms with Crippen molar-refractivity contribution < 1.29 is 9.53 Å². The lowest BCUT2D eigenvalue weighted by molar-refractivity contribution is 0.0642. The largest absolute Gasteiger partial charge is 0.381 e. The Hall–Kier alpha value is -0.770. The number of urea groups is 1. The number of amides is 2. The monoisotopic (exact) mass is 200 g/mol. The normalized spacial score (nSPS) is 17.8. The zero-order chi connectivity index (χ0) is 10.2. The van der Waals surface area contributed by atoms with Gasteiger partial charge in [-0.2, -0.15) is 0 Å². The van der Waals surface area contributed by atoms with E-state index in [0.29, 0.717) is 6.54 Å². The van der Waals surface area contributed by atoms with Crippen molar-refractivity contribution in [3.63, 3.8) is 0 Å². The lowest BCUT2D eigenvalue weighted by atomic mass is 9.97. The molecule has 0 spiro atoms. The molecular weight excluding hydrogens is 180 g/mol. The molecule has 1 fully saturated rings. The van der Waals surface area contributed by atoms with Gasteiger partial charge in [0.05, 0.1) is 0 Å². The van der Waals surface area contributed by atoms with Crippen LogP contribution in [0.3, 0.4) is 0 Å². The molecular formula is C10H20N2O2. The number of ether oxygens (including phenoxy) is 1. The van der Waals surface area contributed by atoms with Crippen LogP contribution in [0.4, 0.5) is 4.79 Å². The Balaban J connectivity index is 1.99. The number of nitrogens with one attached hydrogen (secondary N) is 2. The average Bonchev–Trinajstić information content (AvgIpc) is 2.20. The maximum absolute atomic E-state index is 11.0. The summed E-state index contributed by atoms with van der Waals surface area (Å²) in [7, 11) is 0. The number of rotatable bonds is 4. The highest BCUT2D eigenvalue weighted by Gasteiger charge is 2.13. The molecule has 4 nitrogen and oxygen atoms in total.